The Morgan fingerprint density at radius 2 is 1.93 bits per heavy atom. The van der Waals surface area contributed by atoms with E-state index in [9.17, 15) is 0 Å². The highest BCUT2D eigenvalue weighted by atomic mass is 79.9. The largest absolute Gasteiger partial charge is 0.316 e. The average Bonchev–Trinajstić information content (AvgIpc) is 2.24. The number of hydrogen-bond donors (Lipinski definition) is 2. The maximum Gasteiger partial charge on any atom is 0.0249 e. The summed E-state index contributed by atoms with van der Waals surface area (Å²) in [4.78, 5) is 0. The lowest BCUT2D eigenvalue weighted by atomic mass is 10.1. The zero-order valence-corrected chi connectivity index (χ0v) is 11.0. The topological polar surface area (TPSA) is 24.1 Å². The standard InChI is InChI=1S/C12H19BrN2/c1-3-14-7-8-15-9-11-6-4-5-10(2)12(11)13/h4-6,14-15H,3,7-9H2,1-2H3. The van der Waals surface area contributed by atoms with Crippen LogP contribution >= 0.6 is 15.9 Å². The Hall–Kier alpha value is -0.380. The van der Waals surface area contributed by atoms with Gasteiger partial charge in [-0.2, -0.15) is 0 Å². The van der Waals surface area contributed by atoms with Gasteiger partial charge in [0.1, 0.15) is 0 Å². The number of benzene rings is 1. The molecule has 0 bridgehead atoms. The molecule has 0 aliphatic carbocycles. The summed E-state index contributed by atoms with van der Waals surface area (Å²) in [6.45, 7) is 8.24. The Bertz CT molecular complexity index is 300. The quantitative estimate of drug-likeness (QED) is 0.777. The van der Waals surface area contributed by atoms with Gasteiger partial charge in [0.05, 0.1) is 0 Å². The molecule has 15 heavy (non-hydrogen) atoms. The molecule has 1 aromatic rings. The van der Waals surface area contributed by atoms with Gasteiger partial charge >= 0.3 is 0 Å². The summed E-state index contributed by atoms with van der Waals surface area (Å²) in [6, 6.07) is 6.37. The Kier molecular flexibility index (Phi) is 5.91. The SMILES string of the molecule is CCNCCNCc1cccc(C)c1Br. The van der Waals surface area contributed by atoms with Crippen molar-refractivity contribution in [1.82, 2.24) is 10.6 Å². The summed E-state index contributed by atoms with van der Waals surface area (Å²) in [7, 11) is 0. The molecule has 0 heterocycles. The first-order valence-electron chi connectivity index (χ1n) is 5.41. The van der Waals surface area contributed by atoms with Crippen molar-refractivity contribution in [2.45, 2.75) is 20.4 Å². The van der Waals surface area contributed by atoms with Gasteiger partial charge in [-0.15, -0.1) is 0 Å². The average molecular weight is 271 g/mol. The summed E-state index contributed by atoms with van der Waals surface area (Å²) in [5.74, 6) is 0. The minimum atomic E-state index is 0.924. The Labute approximate surface area is 101 Å². The van der Waals surface area contributed by atoms with E-state index in [1.54, 1.807) is 0 Å². The van der Waals surface area contributed by atoms with Gasteiger partial charge in [0.2, 0.25) is 0 Å². The van der Waals surface area contributed by atoms with E-state index in [4.69, 9.17) is 0 Å². The van der Waals surface area contributed by atoms with Crippen molar-refractivity contribution in [3.05, 3.63) is 33.8 Å². The smallest absolute Gasteiger partial charge is 0.0249 e. The Morgan fingerprint density at radius 3 is 2.67 bits per heavy atom. The molecule has 0 saturated carbocycles. The summed E-state index contributed by atoms with van der Waals surface area (Å²) < 4.78 is 1.22. The number of halogens is 1. The van der Waals surface area contributed by atoms with Crippen LogP contribution in [0.2, 0.25) is 0 Å². The predicted octanol–water partition coefficient (Wildman–Crippen LogP) is 2.46. The predicted molar refractivity (Wildman–Crippen MR) is 69.1 cm³/mol. The van der Waals surface area contributed by atoms with E-state index in [1.165, 1.54) is 15.6 Å². The number of likely N-dealkylation sites (N-methyl/N-ethyl adjacent to an activating group) is 1. The minimum Gasteiger partial charge on any atom is -0.316 e. The van der Waals surface area contributed by atoms with Crippen LogP contribution in [0.4, 0.5) is 0 Å². The summed E-state index contributed by atoms with van der Waals surface area (Å²) in [5, 5.41) is 6.70. The van der Waals surface area contributed by atoms with Crippen LogP contribution in [0.1, 0.15) is 18.1 Å². The van der Waals surface area contributed by atoms with E-state index in [2.05, 4.69) is 58.6 Å². The fourth-order valence-electron chi connectivity index (χ4n) is 1.42. The van der Waals surface area contributed by atoms with Gasteiger partial charge in [0.25, 0.3) is 0 Å². The molecule has 84 valence electrons. The molecule has 0 radical (unpaired) electrons. The molecule has 0 aliphatic heterocycles. The fraction of sp³-hybridized carbons (Fsp3) is 0.500. The van der Waals surface area contributed by atoms with Crippen LogP contribution in [0.3, 0.4) is 0 Å². The maximum atomic E-state index is 3.61. The first kappa shape index (κ1) is 12.7. The third-order valence-electron chi connectivity index (χ3n) is 2.32. The molecule has 1 rings (SSSR count). The molecule has 0 aliphatic rings. The molecule has 0 saturated heterocycles. The number of nitrogens with one attached hydrogen (secondary N) is 2. The van der Waals surface area contributed by atoms with Gasteiger partial charge in [-0.1, -0.05) is 41.1 Å². The molecule has 3 heteroatoms. The molecule has 2 nitrogen and oxygen atoms in total. The van der Waals surface area contributed by atoms with Crippen molar-refractivity contribution in [3.63, 3.8) is 0 Å². The molecule has 0 unspecified atom stereocenters. The van der Waals surface area contributed by atoms with E-state index in [0.717, 1.165) is 26.2 Å². The fourth-order valence-corrected chi connectivity index (χ4v) is 1.83. The number of rotatable bonds is 6. The minimum absolute atomic E-state index is 0.924. The van der Waals surface area contributed by atoms with Crippen molar-refractivity contribution in [2.24, 2.45) is 0 Å². The van der Waals surface area contributed by atoms with E-state index in [1.807, 2.05) is 0 Å². The first-order chi connectivity index (χ1) is 7.25. The van der Waals surface area contributed by atoms with Gasteiger partial charge in [0.15, 0.2) is 0 Å². The third kappa shape index (κ3) is 4.33. The van der Waals surface area contributed by atoms with Crippen molar-refractivity contribution >= 4 is 15.9 Å². The highest BCUT2D eigenvalue weighted by molar-refractivity contribution is 9.10. The molecule has 0 spiro atoms. The summed E-state index contributed by atoms with van der Waals surface area (Å²) in [5.41, 5.74) is 2.62. The molecular weight excluding hydrogens is 252 g/mol. The van der Waals surface area contributed by atoms with Crippen molar-refractivity contribution in [2.75, 3.05) is 19.6 Å². The lowest BCUT2D eigenvalue weighted by Gasteiger charge is -2.08. The highest BCUT2D eigenvalue weighted by Gasteiger charge is 2.00. The second-order valence-corrected chi connectivity index (χ2v) is 4.37. The van der Waals surface area contributed by atoms with Crippen molar-refractivity contribution in [3.8, 4) is 0 Å². The van der Waals surface area contributed by atoms with Crippen LogP contribution in [0.25, 0.3) is 0 Å². The van der Waals surface area contributed by atoms with Gasteiger partial charge in [-0.25, -0.2) is 0 Å². The second kappa shape index (κ2) is 6.99. The molecule has 0 aromatic heterocycles. The van der Waals surface area contributed by atoms with Crippen LogP contribution in [0.5, 0.6) is 0 Å². The van der Waals surface area contributed by atoms with E-state index >= 15 is 0 Å². The van der Waals surface area contributed by atoms with Crippen LogP contribution in [-0.4, -0.2) is 19.6 Å². The van der Waals surface area contributed by atoms with E-state index in [0.29, 0.717) is 0 Å². The zero-order valence-electron chi connectivity index (χ0n) is 9.44. The second-order valence-electron chi connectivity index (χ2n) is 3.58. The molecule has 0 amide bonds. The first-order valence-corrected chi connectivity index (χ1v) is 6.20. The monoisotopic (exact) mass is 270 g/mol. The van der Waals surface area contributed by atoms with Gasteiger partial charge < -0.3 is 10.6 Å². The normalized spacial score (nSPS) is 10.6. The molecular formula is C12H19BrN2. The van der Waals surface area contributed by atoms with E-state index < -0.39 is 0 Å². The van der Waals surface area contributed by atoms with Crippen molar-refractivity contribution < 1.29 is 0 Å². The molecule has 1 aromatic carbocycles. The Morgan fingerprint density at radius 1 is 1.20 bits per heavy atom. The van der Waals surface area contributed by atoms with Crippen LogP contribution in [-0.2, 0) is 6.54 Å². The highest BCUT2D eigenvalue weighted by Crippen LogP contribution is 2.20. The van der Waals surface area contributed by atoms with Gasteiger partial charge in [-0.3, -0.25) is 0 Å². The summed E-state index contributed by atoms with van der Waals surface area (Å²) in [6.07, 6.45) is 0. The third-order valence-corrected chi connectivity index (χ3v) is 3.45. The summed E-state index contributed by atoms with van der Waals surface area (Å²) >= 11 is 3.61. The van der Waals surface area contributed by atoms with Crippen LogP contribution in [0, 0.1) is 6.92 Å². The van der Waals surface area contributed by atoms with Gasteiger partial charge in [0, 0.05) is 24.1 Å². The van der Waals surface area contributed by atoms with Crippen LogP contribution < -0.4 is 10.6 Å². The molecule has 0 fully saturated rings. The molecule has 2 N–H and O–H groups in total. The lowest BCUT2D eigenvalue weighted by Crippen LogP contribution is -2.26. The molecule has 0 atom stereocenters. The van der Waals surface area contributed by atoms with Crippen molar-refractivity contribution in [1.29, 1.82) is 0 Å². The van der Waals surface area contributed by atoms with Crippen LogP contribution in [0.15, 0.2) is 22.7 Å². The van der Waals surface area contributed by atoms with E-state index in [-0.39, 0.29) is 0 Å². The van der Waals surface area contributed by atoms with Gasteiger partial charge in [-0.05, 0) is 24.6 Å². The Balaban J connectivity index is 2.34. The zero-order chi connectivity index (χ0) is 11.1. The maximum absolute atomic E-state index is 3.61. The lowest BCUT2D eigenvalue weighted by molar-refractivity contribution is 0.624. The number of hydrogen-bond acceptors (Lipinski definition) is 2. The number of aryl methyl sites for hydroxylation is 1.